The summed E-state index contributed by atoms with van der Waals surface area (Å²) in [6, 6.07) is 4.01. The van der Waals surface area contributed by atoms with E-state index < -0.39 is 5.66 Å². The van der Waals surface area contributed by atoms with Gasteiger partial charge in [-0.25, -0.2) is 4.99 Å². The van der Waals surface area contributed by atoms with Gasteiger partial charge < -0.3 is 0 Å². The molecule has 1 unspecified atom stereocenters. The second-order valence-electron chi connectivity index (χ2n) is 4.30. The molecular weight excluding hydrogens is 200 g/mol. The molecule has 0 aliphatic carbocycles. The molecule has 0 saturated carbocycles. The number of rotatable bonds is 3. The third-order valence-electron chi connectivity index (χ3n) is 2.68. The van der Waals surface area contributed by atoms with E-state index in [1.165, 1.54) is 6.34 Å². The van der Waals surface area contributed by atoms with Crippen LogP contribution in [-0.2, 0) is 0 Å². The lowest BCUT2D eigenvalue weighted by Gasteiger charge is -2.24. The van der Waals surface area contributed by atoms with Gasteiger partial charge in [0.1, 0.15) is 6.34 Å². The molecule has 0 amide bonds. The molecule has 0 fully saturated rings. The van der Waals surface area contributed by atoms with E-state index in [1.54, 1.807) is 0 Å². The van der Waals surface area contributed by atoms with Crippen molar-refractivity contribution in [2.45, 2.75) is 26.4 Å². The number of aliphatic imine (C=N–C) groups is 1. The highest BCUT2D eigenvalue weighted by Crippen LogP contribution is 2.32. The fourth-order valence-electron chi connectivity index (χ4n) is 1.54. The van der Waals surface area contributed by atoms with Crippen LogP contribution in [0.15, 0.2) is 33.6 Å². The van der Waals surface area contributed by atoms with Crippen molar-refractivity contribution < 1.29 is 0 Å². The third kappa shape index (κ3) is 2.01. The monoisotopic (exact) mass is 215 g/mol. The van der Waals surface area contributed by atoms with Crippen LogP contribution in [0.3, 0.4) is 0 Å². The van der Waals surface area contributed by atoms with Gasteiger partial charge in [-0.15, -0.1) is 5.11 Å². The van der Waals surface area contributed by atoms with Crippen LogP contribution in [-0.4, -0.2) is 17.0 Å². The standard InChI is InChI=1S/C12H15N4/c1-9(2)12(14-8-15-16-12)6-11-5-4-10(3)7-13-11/h4-9H,1-3H3. The lowest BCUT2D eigenvalue weighted by atomic mass is 9.92. The summed E-state index contributed by atoms with van der Waals surface area (Å²) >= 11 is 0. The van der Waals surface area contributed by atoms with E-state index in [4.69, 9.17) is 0 Å². The lowest BCUT2D eigenvalue weighted by Crippen LogP contribution is -2.30. The maximum atomic E-state index is 4.34. The van der Waals surface area contributed by atoms with E-state index in [2.05, 4.69) is 34.1 Å². The topological polar surface area (TPSA) is 50.0 Å². The molecule has 0 N–H and O–H groups in total. The molecule has 0 bridgehead atoms. The van der Waals surface area contributed by atoms with Crippen molar-refractivity contribution in [3.63, 3.8) is 0 Å². The molecule has 1 aliphatic heterocycles. The number of aromatic nitrogens is 1. The SMILES string of the molecule is Cc1ccc([CH]C2(C(C)C)N=CN=N2)nc1. The van der Waals surface area contributed by atoms with Crippen LogP contribution >= 0.6 is 0 Å². The molecule has 16 heavy (non-hydrogen) atoms. The molecule has 83 valence electrons. The minimum absolute atomic E-state index is 0.262. The zero-order valence-corrected chi connectivity index (χ0v) is 9.75. The van der Waals surface area contributed by atoms with Crippen LogP contribution in [0.25, 0.3) is 0 Å². The van der Waals surface area contributed by atoms with Crippen LogP contribution in [0.4, 0.5) is 0 Å². The van der Waals surface area contributed by atoms with Crippen LogP contribution in [0.1, 0.15) is 25.1 Å². The summed E-state index contributed by atoms with van der Waals surface area (Å²) in [5, 5.41) is 8.04. The van der Waals surface area contributed by atoms with Crippen LogP contribution in [0.5, 0.6) is 0 Å². The molecule has 4 nitrogen and oxygen atoms in total. The van der Waals surface area contributed by atoms with Gasteiger partial charge >= 0.3 is 0 Å². The maximum absolute atomic E-state index is 4.34. The Balaban J connectivity index is 2.22. The van der Waals surface area contributed by atoms with E-state index in [9.17, 15) is 0 Å². The van der Waals surface area contributed by atoms with Crippen molar-refractivity contribution in [1.82, 2.24) is 4.98 Å². The number of nitrogens with zero attached hydrogens (tertiary/aromatic N) is 4. The fourth-order valence-corrected chi connectivity index (χ4v) is 1.54. The average molecular weight is 215 g/mol. The first-order valence-electron chi connectivity index (χ1n) is 5.37. The Morgan fingerprint density at radius 2 is 2.12 bits per heavy atom. The predicted molar refractivity (Wildman–Crippen MR) is 63.3 cm³/mol. The second kappa shape index (κ2) is 4.12. The summed E-state index contributed by atoms with van der Waals surface area (Å²) in [6.07, 6.45) is 5.31. The molecule has 2 heterocycles. The van der Waals surface area contributed by atoms with Gasteiger partial charge in [0, 0.05) is 17.8 Å². The number of hydrogen-bond donors (Lipinski definition) is 0. The van der Waals surface area contributed by atoms with Gasteiger partial charge in [0.25, 0.3) is 0 Å². The Labute approximate surface area is 95.5 Å². The molecule has 0 aromatic carbocycles. The molecule has 1 radical (unpaired) electrons. The summed E-state index contributed by atoms with van der Waals surface area (Å²) in [4.78, 5) is 8.67. The molecule has 4 heteroatoms. The van der Waals surface area contributed by atoms with E-state index >= 15 is 0 Å². The molecule has 1 atom stereocenters. The molecule has 1 aromatic heterocycles. The third-order valence-corrected chi connectivity index (χ3v) is 2.68. The molecule has 1 aromatic rings. The summed E-state index contributed by atoms with van der Waals surface area (Å²) in [7, 11) is 0. The average Bonchev–Trinajstić information content (AvgIpc) is 2.71. The summed E-state index contributed by atoms with van der Waals surface area (Å²) < 4.78 is 0. The van der Waals surface area contributed by atoms with Gasteiger partial charge in [-0.05, 0) is 18.6 Å². The largest absolute Gasteiger partial charge is 0.261 e. The van der Waals surface area contributed by atoms with E-state index in [0.717, 1.165) is 11.3 Å². The van der Waals surface area contributed by atoms with Crippen LogP contribution in [0, 0.1) is 19.3 Å². The van der Waals surface area contributed by atoms with Gasteiger partial charge in [-0.3, -0.25) is 4.98 Å². The highest BCUT2D eigenvalue weighted by Gasteiger charge is 2.36. The van der Waals surface area contributed by atoms with Gasteiger partial charge in [0.15, 0.2) is 5.66 Å². The van der Waals surface area contributed by atoms with E-state index in [-0.39, 0.29) is 5.92 Å². The zero-order chi connectivity index (χ0) is 11.6. The fraction of sp³-hybridized carbons (Fsp3) is 0.417. The Bertz CT molecular complexity index is 405. The highest BCUT2D eigenvalue weighted by atomic mass is 15.3. The maximum Gasteiger partial charge on any atom is 0.184 e. The number of pyridine rings is 1. The van der Waals surface area contributed by atoms with Gasteiger partial charge in [0.05, 0.1) is 6.42 Å². The number of hydrogen-bond acceptors (Lipinski definition) is 4. The van der Waals surface area contributed by atoms with E-state index in [1.807, 2.05) is 31.7 Å². The summed E-state index contributed by atoms with van der Waals surface area (Å²) in [6.45, 7) is 6.17. The van der Waals surface area contributed by atoms with Crippen molar-refractivity contribution in [1.29, 1.82) is 0 Å². The van der Waals surface area contributed by atoms with Crippen molar-refractivity contribution in [2.24, 2.45) is 21.1 Å². The number of azo groups is 1. The summed E-state index contributed by atoms with van der Waals surface area (Å²) in [5.74, 6) is 0.262. The Hall–Kier alpha value is -1.58. The predicted octanol–water partition coefficient (Wildman–Crippen LogP) is 2.79. The first kappa shape index (κ1) is 10.9. The van der Waals surface area contributed by atoms with Crippen LogP contribution in [0.2, 0.25) is 0 Å². The zero-order valence-electron chi connectivity index (χ0n) is 9.75. The van der Waals surface area contributed by atoms with Crippen molar-refractivity contribution >= 4 is 6.34 Å². The Morgan fingerprint density at radius 3 is 2.62 bits per heavy atom. The smallest absolute Gasteiger partial charge is 0.184 e. The van der Waals surface area contributed by atoms with Crippen molar-refractivity contribution in [3.8, 4) is 0 Å². The van der Waals surface area contributed by atoms with Gasteiger partial charge in [-0.1, -0.05) is 19.9 Å². The van der Waals surface area contributed by atoms with Crippen LogP contribution < -0.4 is 0 Å². The first-order valence-corrected chi connectivity index (χ1v) is 5.37. The Morgan fingerprint density at radius 1 is 1.31 bits per heavy atom. The van der Waals surface area contributed by atoms with Crippen molar-refractivity contribution in [2.75, 3.05) is 0 Å². The minimum atomic E-state index is -0.567. The normalized spacial score (nSPS) is 23.2. The molecular formula is C12H15N4. The molecule has 0 saturated heterocycles. The Kier molecular flexibility index (Phi) is 2.81. The summed E-state index contributed by atoms with van der Waals surface area (Å²) in [5.41, 5.74) is 1.46. The first-order chi connectivity index (χ1) is 7.62. The second-order valence-corrected chi connectivity index (χ2v) is 4.30. The quantitative estimate of drug-likeness (QED) is 0.764. The molecule has 1 aliphatic rings. The minimum Gasteiger partial charge on any atom is -0.261 e. The van der Waals surface area contributed by atoms with Gasteiger partial charge in [-0.2, -0.15) is 5.11 Å². The molecule has 0 spiro atoms. The molecule has 2 rings (SSSR count). The highest BCUT2D eigenvalue weighted by molar-refractivity contribution is 5.58. The van der Waals surface area contributed by atoms with E-state index in [0.29, 0.717) is 0 Å². The lowest BCUT2D eigenvalue weighted by molar-refractivity contribution is 0.379. The van der Waals surface area contributed by atoms with Crippen molar-refractivity contribution in [3.05, 3.63) is 36.0 Å². The number of aryl methyl sites for hydroxylation is 1. The van der Waals surface area contributed by atoms with Gasteiger partial charge in [0.2, 0.25) is 0 Å².